The Bertz CT molecular complexity index is 725. The van der Waals surface area contributed by atoms with Crippen LogP contribution in [0.4, 0.5) is 8.78 Å². The summed E-state index contributed by atoms with van der Waals surface area (Å²) >= 11 is 0. The van der Waals surface area contributed by atoms with E-state index in [2.05, 4.69) is 0 Å². The minimum Gasteiger partial charge on any atom is -0.462 e. The molecule has 0 fully saturated rings. The molecular weight excluding hydrogens is 282 g/mol. The van der Waals surface area contributed by atoms with Crippen molar-refractivity contribution in [2.45, 2.75) is 13.8 Å². The summed E-state index contributed by atoms with van der Waals surface area (Å²) in [5.74, 6) is -3.55. The Hall–Kier alpha value is -2.50. The van der Waals surface area contributed by atoms with Gasteiger partial charge in [-0.1, -0.05) is 0 Å². The third-order valence-electron chi connectivity index (χ3n) is 2.75. The zero-order valence-corrected chi connectivity index (χ0v) is 11.4. The van der Waals surface area contributed by atoms with Crippen LogP contribution in [0.15, 0.2) is 24.3 Å². The van der Waals surface area contributed by atoms with Crippen LogP contribution in [0.25, 0.3) is 10.8 Å². The molecule has 0 N–H and O–H groups in total. The van der Waals surface area contributed by atoms with Crippen LogP contribution in [0.5, 0.6) is 5.75 Å². The second-order valence-electron chi connectivity index (χ2n) is 4.24. The predicted molar refractivity (Wildman–Crippen MR) is 71.1 cm³/mol. The number of ether oxygens (including phenoxy) is 2. The van der Waals surface area contributed by atoms with Crippen molar-refractivity contribution in [3.05, 3.63) is 41.5 Å². The first kappa shape index (κ1) is 14.9. The van der Waals surface area contributed by atoms with Crippen LogP contribution >= 0.6 is 0 Å². The van der Waals surface area contributed by atoms with Gasteiger partial charge in [0.25, 0.3) is 0 Å². The number of carbonyl (C=O) groups excluding carboxylic acids is 2. The van der Waals surface area contributed by atoms with Gasteiger partial charge in [0.05, 0.1) is 12.2 Å². The van der Waals surface area contributed by atoms with Crippen molar-refractivity contribution in [3.63, 3.8) is 0 Å². The summed E-state index contributed by atoms with van der Waals surface area (Å²) in [6.07, 6.45) is 0. The van der Waals surface area contributed by atoms with Gasteiger partial charge in [-0.3, -0.25) is 4.79 Å². The molecule has 0 spiro atoms. The van der Waals surface area contributed by atoms with E-state index in [1.165, 1.54) is 25.1 Å². The van der Waals surface area contributed by atoms with Gasteiger partial charge in [-0.15, -0.1) is 0 Å². The maximum Gasteiger partial charge on any atom is 0.338 e. The van der Waals surface area contributed by atoms with Crippen molar-refractivity contribution >= 4 is 22.7 Å². The van der Waals surface area contributed by atoms with Gasteiger partial charge in [0, 0.05) is 17.7 Å². The molecule has 0 atom stereocenters. The van der Waals surface area contributed by atoms with Crippen LogP contribution in [0.2, 0.25) is 0 Å². The van der Waals surface area contributed by atoms with Crippen LogP contribution in [0.3, 0.4) is 0 Å². The SMILES string of the molecule is CCOC(=O)c1cc(OC(C)=O)c2ccc(F)c(F)c2c1. The predicted octanol–water partition coefficient (Wildman–Crippen LogP) is 3.22. The minimum absolute atomic E-state index is 0.0231. The van der Waals surface area contributed by atoms with Gasteiger partial charge >= 0.3 is 11.9 Å². The van der Waals surface area contributed by atoms with Gasteiger partial charge in [-0.25, -0.2) is 13.6 Å². The van der Waals surface area contributed by atoms with Crippen molar-refractivity contribution in [2.75, 3.05) is 6.61 Å². The molecule has 110 valence electrons. The van der Waals surface area contributed by atoms with E-state index < -0.39 is 23.6 Å². The van der Waals surface area contributed by atoms with E-state index in [4.69, 9.17) is 9.47 Å². The van der Waals surface area contributed by atoms with Crippen LogP contribution in [0.1, 0.15) is 24.2 Å². The molecular formula is C15H12F2O4. The van der Waals surface area contributed by atoms with E-state index in [0.29, 0.717) is 0 Å². The van der Waals surface area contributed by atoms with Gasteiger partial charge in [0.1, 0.15) is 5.75 Å². The molecule has 0 saturated carbocycles. The highest BCUT2D eigenvalue weighted by atomic mass is 19.2. The monoisotopic (exact) mass is 294 g/mol. The van der Waals surface area contributed by atoms with Crippen LogP contribution < -0.4 is 4.74 Å². The lowest BCUT2D eigenvalue weighted by atomic mass is 10.0. The van der Waals surface area contributed by atoms with Gasteiger partial charge in [-0.2, -0.15) is 0 Å². The summed E-state index contributed by atoms with van der Waals surface area (Å²) < 4.78 is 37.0. The van der Waals surface area contributed by atoms with Crippen LogP contribution in [-0.4, -0.2) is 18.5 Å². The number of rotatable bonds is 3. The van der Waals surface area contributed by atoms with Crippen LogP contribution in [-0.2, 0) is 9.53 Å². The van der Waals surface area contributed by atoms with Crippen molar-refractivity contribution in [1.82, 2.24) is 0 Å². The molecule has 0 unspecified atom stereocenters. The summed E-state index contributed by atoms with van der Waals surface area (Å²) in [7, 11) is 0. The number of carbonyl (C=O) groups is 2. The van der Waals surface area contributed by atoms with Crippen LogP contribution in [0, 0.1) is 11.6 Å². The quantitative estimate of drug-likeness (QED) is 0.644. The standard InChI is InChI=1S/C15H12F2O4/c1-3-20-15(19)9-6-11-10(4-5-12(16)14(11)17)13(7-9)21-8(2)18/h4-7H,3H2,1-2H3. The molecule has 2 rings (SSSR count). The molecule has 0 aromatic heterocycles. The van der Waals surface area contributed by atoms with Crippen molar-refractivity contribution in [1.29, 1.82) is 0 Å². The third-order valence-corrected chi connectivity index (χ3v) is 2.75. The summed E-state index contributed by atoms with van der Waals surface area (Å²) in [5, 5.41) is 0.0361. The number of fused-ring (bicyclic) bond motifs is 1. The van der Waals surface area contributed by atoms with Crippen molar-refractivity contribution in [2.24, 2.45) is 0 Å². The highest BCUT2D eigenvalue weighted by Gasteiger charge is 2.17. The Morgan fingerprint density at radius 1 is 1.14 bits per heavy atom. The average molecular weight is 294 g/mol. The number of esters is 2. The molecule has 0 aliphatic rings. The largest absolute Gasteiger partial charge is 0.462 e. The van der Waals surface area contributed by atoms with Gasteiger partial charge in [-0.05, 0) is 31.2 Å². The first-order valence-electron chi connectivity index (χ1n) is 6.21. The lowest BCUT2D eigenvalue weighted by molar-refractivity contribution is -0.131. The van der Waals surface area contributed by atoms with Crippen molar-refractivity contribution in [3.8, 4) is 5.75 Å². The molecule has 21 heavy (non-hydrogen) atoms. The number of benzene rings is 2. The molecule has 0 radical (unpaired) electrons. The smallest absolute Gasteiger partial charge is 0.338 e. The van der Waals surface area contributed by atoms with E-state index in [1.807, 2.05) is 0 Å². The number of halogens is 2. The van der Waals surface area contributed by atoms with E-state index in [9.17, 15) is 18.4 Å². The lowest BCUT2D eigenvalue weighted by Gasteiger charge is -2.10. The summed E-state index contributed by atoms with van der Waals surface area (Å²) in [6.45, 7) is 2.92. The minimum atomic E-state index is -1.12. The van der Waals surface area contributed by atoms with Gasteiger partial charge in [0.2, 0.25) is 0 Å². The zero-order valence-electron chi connectivity index (χ0n) is 11.4. The Morgan fingerprint density at radius 2 is 1.86 bits per heavy atom. The highest BCUT2D eigenvalue weighted by Crippen LogP contribution is 2.31. The Balaban J connectivity index is 2.70. The molecule has 0 aliphatic heterocycles. The molecule has 4 nitrogen and oxygen atoms in total. The molecule has 0 saturated heterocycles. The second kappa shape index (κ2) is 5.87. The fraction of sp³-hybridized carbons (Fsp3) is 0.200. The Labute approximate surface area is 119 Å². The van der Waals surface area contributed by atoms with Gasteiger partial charge < -0.3 is 9.47 Å². The second-order valence-corrected chi connectivity index (χ2v) is 4.24. The highest BCUT2D eigenvalue weighted by molar-refractivity contribution is 5.99. The molecule has 0 heterocycles. The molecule has 6 heteroatoms. The normalized spacial score (nSPS) is 10.5. The summed E-state index contributed by atoms with van der Waals surface area (Å²) in [4.78, 5) is 22.9. The Morgan fingerprint density at radius 3 is 2.48 bits per heavy atom. The molecule has 0 amide bonds. The molecule has 0 aliphatic carbocycles. The number of hydrogen-bond acceptors (Lipinski definition) is 4. The van der Waals surface area contributed by atoms with E-state index >= 15 is 0 Å². The first-order chi connectivity index (χ1) is 9.93. The topological polar surface area (TPSA) is 52.6 Å². The molecule has 2 aromatic rings. The molecule has 2 aromatic carbocycles. The summed E-state index contributed by atoms with van der Waals surface area (Å²) in [6, 6.07) is 4.63. The third kappa shape index (κ3) is 2.99. The maximum absolute atomic E-state index is 13.9. The maximum atomic E-state index is 13.9. The average Bonchev–Trinajstić information content (AvgIpc) is 2.42. The van der Waals surface area contributed by atoms with Gasteiger partial charge in [0.15, 0.2) is 11.6 Å². The van der Waals surface area contributed by atoms with E-state index in [-0.39, 0.29) is 28.7 Å². The van der Waals surface area contributed by atoms with E-state index in [0.717, 1.165) is 6.07 Å². The lowest BCUT2D eigenvalue weighted by Crippen LogP contribution is -2.08. The first-order valence-corrected chi connectivity index (χ1v) is 6.21. The number of hydrogen-bond donors (Lipinski definition) is 0. The fourth-order valence-corrected chi connectivity index (χ4v) is 1.91. The fourth-order valence-electron chi connectivity index (χ4n) is 1.91. The van der Waals surface area contributed by atoms with E-state index in [1.54, 1.807) is 6.92 Å². The zero-order chi connectivity index (χ0) is 15.6. The molecule has 0 bridgehead atoms. The summed E-state index contributed by atoms with van der Waals surface area (Å²) in [5.41, 5.74) is -0.0231. The van der Waals surface area contributed by atoms with Crippen molar-refractivity contribution < 1.29 is 27.8 Å². The Kier molecular flexibility index (Phi) is 4.16.